The molecule has 0 aromatic carbocycles. The van der Waals surface area contributed by atoms with Gasteiger partial charge in [0.05, 0.1) is 6.20 Å². The summed E-state index contributed by atoms with van der Waals surface area (Å²) in [7, 11) is 0. The van der Waals surface area contributed by atoms with Crippen molar-refractivity contribution in [2.75, 3.05) is 5.32 Å². The van der Waals surface area contributed by atoms with Crippen molar-refractivity contribution in [3.05, 3.63) is 102 Å². The highest BCUT2D eigenvalue weighted by Gasteiger charge is 2.13. The molecule has 0 aliphatic rings. The third-order valence-corrected chi connectivity index (χ3v) is 4.28. The van der Waals surface area contributed by atoms with Crippen molar-refractivity contribution in [2.45, 2.75) is 20.4 Å². The second-order valence-electron chi connectivity index (χ2n) is 6.89. The molecule has 0 unspecified atom stereocenters. The highest BCUT2D eigenvalue weighted by molar-refractivity contribution is 5.74. The number of aromatic nitrogens is 3. The molecule has 0 aliphatic heterocycles. The zero-order valence-electron chi connectivity index (χ0n) is 17.2. The molecule has 1 N–H and O–H groups in total. The van der Waals surface area contributed by atoms with Crippen LogP contribution in [0, 0.1) is 17.5 Å². The van der Waals surface area contributed by atoms with Crippen LogP contribution in [0.2, 0.25) is 0 Å². The van der Waals surface area contributed by atoms with Crippen LogP contribution in [0.1, 0.15) is 25.1 Å². The molecule has 3 aromatic rings. The van der Waals surface area contributed by atoms with Crippen molar-refractivity contribution in [2.24, 2.45) is 0 Å². The lowest BCUT2D eigenvalue weighted by Crippen LogP contribution is -2.06. The fraction of sp³-hybridized carbons (Fsp3) is 0.125. The van der Waals surface area contributed by atoms with E-state index in [0.29, 0.717) is 16.7 Å². The van der Waals surface area contributed by atoms with E-state index in [1.165, 1.54) is 36.8 Å². The molecule has 0 saturated carbocycles. The van der Waals surface area contributed by atoms with Crippen LogP contribution in [0.3, 0.4) is 0 Å². The first-order valence-electron chi connectivity index (χ1n) is 9.53. The highest BCUT2D eigenvalue weighted by atomic mass is 19.1. The Bertz CT molecular complexity index is 1170. The number of nitrogens with zero attached hydrogens (tertiary/aromatic N) is 3. The van der Waals surface area contributed by atoms with Crippen LogP contribution in [-0.2, 0) is 6.54 Å². The Morgan fingerprint density at radius 1 is 1.13 bits per heavy atom. The van der Waals surface area contributed by atoms with Gasteiger partial charge in [-0.2, -0.15) is 0 Å². The molecule has 3 aromatic heterocycles. The molecular weight excluding hydrogens is 401 g/mol. The van der Waals surface area contributed by atoms with Crippen LogP contribution in [0.25, 0.3) is 16.7 Å². The van der Waals surface area contributed by atoms with Crippen LogP contribution in [0.15, 0.2) is 73.4 Å². The third kappa shape index (κ3) is 5.45. The molecule has 0 amide bonds. The van der Waals surface area contributed by atoms with Crippen molar-refractivity contribution in [3.8, 4) is 11.1 Å². The molecule has 0 radical (unpaired) electrons. The molecule has 0 aliphatic carbocycles. The lowest BCUT2D eigenvalue weighted by molar-refractivity contribution is 0.614. The first-order valence-corrected chi connectivity index (χ1v) is 9.53. The predicted octanol–water partition coefficient (Wildman–Crippen LogP) is 6.10. The van der Waals surface area contributed by atoms with E-state index < -0.39 is 17.5 Å². The number of allylic oxidation sites excluding steroid dienone is 5. The minimum absolute atomic E-state index is 0.0389. The number of pyridine rings is 3. The van der Waals surface area contributed by atoms with Crippen molar-refractivity contribution in [1.29, 1.82) is 0 Å². The summed E-state index contributed by atoms with van der Waals surface area (Å²) in [5.74, 6) is -1.76. The van der Waals surface area contributed by atoms with Gasteiger partial charge < -0.3 is 5.32 Å². The summed E-state index contributed by atoms with van der Waals surface area (Å²) >= 11 is 0. The molecule has 0 spiro atoms. The first-order chi connectivity index (χ1) is 14.9. The maximum atomic E-state index is 14.9. The largest absolute Gasteiger partial charge is 0.363 e. The molecule has 3 rings (SSSR count). The van der Waals surface area contributed by atoms with Crippen molar-refractivity contribution < 1.29 is 13.2 Å². The van der Waals surface area contributed by atoms with E-state index in [-0.39, 0.29) is 23.6 Å². The molecular formula is C24H21F3N4. The zero-order chi connectivity index (χ0) is 22.4. The normalized spacial score (nSPS) is 11.7. The molecule has 3 heterocycles. The Hall–Kier alpha value is -3.74. The van der Waals surface area contributed by atoms with E-state index in [1.54, 1.807) is 18.2 Å². The second-order valence-corrected chi connectivity index (χ2v) is 6.89. The molecule has 4 nitrogen and oxygen atoms in total. The number of nitrogens with one attached hydrogen (secondary N) is 1. The number of hydrogen-bond acceptors (Lipinski definition) is 4. The Morgan fingerprint density at radius 2 is 1.94 bits per heavy atom. The van der Waals surface area contributed by atoms with Crippen LogP contribution < -0.4 is 5.32 Å². The van der Waals surface area contributed by atoms with Gasteiger partial charge in [0.15, 0.2) is 11.6 Å². The van der Waals surface area contributed by atoms with Crippen LogP contribution in [0.5, 0.6) is 0 Å². The minimum Gasteiger partial charge on any atom is -0.363 e. The summed E-state index contributed by atoms with van der Waals surface area (Å²) in [6.07, 6.45) is 10.6. The molecule has 31 heavy (non-hydrogen) atoms. The molecule has 0 bridgehead atoms. The number of anilines is 1. The minimum atomic E-state index is -0.653. The summed E-state index contributed by atoms with van der Waals surface area (Å²) in [5.41, 5.74) is 2.54. The van der Waals surface area contributed by atoms with Gasteiger partial charge in [-0.15, -0.1) is 0 Å². The number of rotatable bonds is 7. The van der Waals surface area contributed by atoms with E-state index in [9.17, 15) is 13.2 Å². The summed E-state index contributed by atoms with van der Waals surface area (Å²) in [6.45, 7) is 7.56. The van der Waals surface area contributed by atoms with Crippen LogP contribution >= 0.6 is 0 Å². The van der Waals surface area contributed by atoms with Gasteiger partial charge in [0, 0.05) is 41.8 Å². The summed E-state index contributed by atoms with van der Waals surface area (Å²) in [5, 5.41) is 2.84. The Balaban J connectivity index is 1.81. The Morgan fingerprint density at radius 3 is 2.61 bits per heavy atom. The van der Waals surface area contributed by atoms with Gasteiger partial charge in [-0.3, -0.25) is 9.97 Å². The molecule has 158 valence electrons. The lowest BCUT2D eigenvalue weighted by Gasteiger charge is -2.11. The fourth-order valence-corrected chi connectivity index (χ4v) is 2.96. The van der Waals surface area contributed by atoms with E-state index in [4.69, 9.17) is 0 Å². The van der Waals surface area contributed by atoms with Gasteiger partial charge in [0.25, 0.3) is 0 Å². The number of halogens is 3. The average molecular weight is 422 g/mol. The smallest absolute Gasteiger partial charge is 0.173 e. The molecule has 0 saturated heterocycles. The summed E-state index contributed by atoms with van der Waals surface area (Å²) in [6, 6.07) is 3.96. The first kappa shape index (κ1) is 22.0. The van der Waals surface area contributed by atoms with Gasteiger partial charge in [-0.1, -0.05) is 30.4 Å². The van der Waals surface area contributed by atoms with Crippen molar-refractivity contribution in [3.63, 3.8) is 0 Å². The summed E-state index contributed by atoms with van der Waals surface area (Å²) in [4.78, 5) is 11.9. The topological polar surface area (TPSA) is 50.7 Å². The maximum Gasteiger partial charge on any atom is 0.173 e. The predicted molar refractivity (Wildman–Crippen MR) is 117 cm³/mol. The van der Waals surface area contributed by atoms with Crippen LogP contribution in [-0.4, -0.2) is 15.0 Å². The van der Waals surface area contributed by atoms with Crippen molar-refractivity contribution >= 4 is 11.4 Å². The van der Waals surface area contributed by atoms with Gasteiger partial charge in [0.1, 0.15) is 17.3 Å². The Kier molecular flexibility index (Phi) is 6.97. The summed E-state index contributed by atoms with van der Waals surface area (Å²) < 4.78 is 43.0. The molecule has 0 atom stereocenters. The van der Waals surface area contributed by atoms with Crippen molar-refractivity contribution in [1.82, 2.24) is 15.0 Å². The van der Waals surface area contributed by atoms with E-state index in [0.717, 1.165) is 11.8 Å². The maximum absolute atomic E-state index is 14.9. The zero-order valence-corrected chi connectivity index (χ0v) is 17.2. The molecule has 0 fully saturated rings. The van der Waals surface area contributed by atoms with Gasteiger partial charge in [-0.05, 0) is 37.6 Å². The molecule has 7 heteroatoms. The Labute approximate surface area is 178 Å². The quantitative estimate of drug-likeness (QED) is 0.467. The monoisotopic (exact) mass is 422 g/mol. The van der Waals surface area contributed by atoms with E-state index in [1.807, 2.05) is 13.8 Å². The highest BCUT2D eigenvalue weighted by Crippen LogP contribution is 2.26. The van der Waals surface area contributed by atoms with E-state index in [2.05, 4.69) is 26.8 Å². The third-order valence-electron chi connectivity index (χ3n) is 4.28. The number of hydrogen-bond donors (Lipinski definition) is 1. The van der Waals surface area contributed by atoms with Gasteiger partial charge in [-0.25, -0.2) is 18.2 Å². The average Bonchev–Trinajstić information content (AvgIpc) is 2.72. The fourth-order valence-electron chi connectivity index (χ4n) is 2.96. The standard InChI is InChI=1S/C24H21F3N4/c1-4-5-17(8-15(2)3)23-21(26)9-16(11-30-23)12-31-24-22(27)20(6-7-29-24)18-10-19(25)14-28-13-18/h4-11,13-14H,2,12H2,1,3H3,(H,29,31)/b5-4-,17-8+. The SMILES string of the molecule is C=C(C)/C=C(\C=C/C)c1ncc(CNc2nccc(-c3cncc(F)c3)c2F)cc1F. The van der Waals surface area contributed by atoms with Gasteiger partial charge >= 0.3 is 0 Å². The van der Waals surface area contributed by atoms with Crippen LogP contribution in [0.4, 0.5) is 19.0 Å². The second kappa shape index (κ2) is 9.84. The van der Waals surface area contributed by atoms with Gasteiger partial charge in [0.2, 0.25) is 0 Å². The lowest BCUT2D eigenvalue weighted by atomic mass is 10.1. The van der Waals surface area contributed by atoms with E-state index >= 15 is 0 Å².